The fraction of sp³-hybridized carbons (Fsp3) is 0.0909. The molecule has 0 saturated carbocycles. The van der Waals surface area contributed by atoms with E-state index in [4.69, 9.17) is 9.47 Å². The summed E-state index contributed by atoms with van der Waals surface area (Å²) in [5.74, 6) is 1.39. The van der Waals surface area contributed by atoms with Crippen LogP contribution < -0.4 is 14.8 Å². The van der Waals surface area contributed by atoms with Crippen molar-refractivity contribution < 1.29 is 17.9 Å². The molecule has 3 aromatic carbocycles. The van der Waals surface area contributed by atoms with E-state index in [1.807, 2.05) is 30.3 Å². The number of hydrogen-bond acceptors (Lipinski definition) is 7. The van der Waals surface area contributed by atoms with E-state index in [0.717, 1.165) is 0 Å². The Balaban J connectivity index is 1.56. The van der Waals surface area contributed by atoms with Gasteiger partial charge in [-0.1, -0.05) is 30.3 Å². The Morgan fingerprint density at radius 3 is 2.33 bits per heavy atom. The largest absolute Gasteiger partial charge is 0.454 e. The molecule has 0 spiro atoms. The molecule has 4 aromatic rings. The third-order valence-electron chi connectivity index (χ3n) is 4.71. The number of ether oxygens (including phenoxy) is 2. The lowest BCUT2D eigenvalue weighted by Gasteiger charge is -2.13. The fourth-order valence-corrected chi connectivity index (χ4v) is 4.54. The number of rotatable bonds is 5. The monoisotopic (exact) mass is 419 g/mol. The standard InChI is InChI=1S/C22H17N3O4S/c26-30(27,16-6-2-1-3-7-16)13-19-22(25-18-9-5-4-8-17(18)24-19)23-15-10-11-20-21(12-15)29-14-28-20/h1-12H,13-14H2,(H,23,25). The molecule has 1 aromatic heterocycles. The second-order valence-corrected chi connectivity index (χ2v) is 8.76. The van der Waals surface area contributed by atoms with Gasteiger partial charge in [-0.3, -0.25) is 0 Å². The number of nitrogens with zero attached hydrogens (tertiary/aromatic N) is 2. The van der Waals surface area contributed by atoms with Crippen molar-refractivity contribution in [3.8, 4) is 11.5 Å². The predicted octanol–water partition coefficient (Wildman–Crippen LogP) is 4.08. The van der Waals surface area contributed by atoms with Gasteiger partial charge in [0.05, 0.1) is 21.6 Å². The van der Waals surface area contributed by atoms with Gasteiger partial charge in [0.25, 0.3) is 0 Å². The van der Waals surface area contributed by atoms with E-state index in [1.165, 1.54) is 0 Å². The lowest BCUT2D eigenvalue weighted by atomic mass is 10.2. The number of fused-ring (bicyclic) bond motifs is 2. The summed E-state index contributed by atoms with van der Waals surface area (Å²) in [5, 5.41) is 3.19. The summed E-state index contributed by atoms with van der Waals surface area (Å²) in [6, 6.07) is 21.1. The summed E-state index contributed by atoms with van der Waals surface area (Å²) >= 11 is 0. The van der Waals surface area contributed by atoms with Crippen molar-refractivity contribution in [3.63, 3.8) is 0 Å². The first-order valence-corrected chi connectivity index (χ1v) is 10.9. The second kappa shape index (κ2) is 7.31. The molecule has 1 N–H and O–H groups in total. The third kappa shape index (κ3) is 3.53. The molecule has 0 unspecified atom stereocenters. The Kier molecular flexibility index (Phi) is 4.48. The van der Waals surface area contributed by atoms with E-state index in [1.54, 1.807) is 42.5 Å². The molecule has 0 saturated heterocycles. The zero-order valence-electron chi connectivity index (χ0n) is 15.8. The van der Waals surface area contributed by atoms with Crippen LogP contribution in [-0.4, -0.2) is 25.2 Å². The van der Waals surface area contributed by atoms with E-state index in [0.29, 0.717) is 39.7 Å². The molecular weight excluding hydrogens is 402 g/mol. The zero-order chi connectivity index (χ0) is 20.6. The van der Waals surface area contributed by atoms with Crippen LogP contribution in [0.1, 0.15) is 5.69 Å². The molecule has 30 heavy (non-hydrogen) atoms. The highest BCUT2D eigenvalue weighted by Gasteiger charge is 2.21. The minimum atomic E-state index is -3.59. The van der Waals surface area contributed by atoms with Crippen LogP contribution in [0, 0.1) is 0 Å². The summed E-state index contributed by atoms with van der Waals surface area (Å²) in [5.41, 5.74) is 2.34. The first-order valence-electron chi connectivity index (χ1n) is 9.29. The first kappa shape index (κ1) is 18.4. The van der Waals surface area contributed by atoms with Gasteiger partial charge in [0.1, 0.15) is 5.75 Å². The molecular formula is C22H17N3O4S. The molecule has 5 rings (SSSR count). The van der Waals surface area contributed by atoms with E-state index in [2.05, 4.69) is 15.3 Å². The third-order valence-corrected chi connectivity index (χ3v) is 6.35. The van der Waals surface area contributed by atoms with Gasteiger partial charge in [0.15, 0.2) is 27.2 Å². The van der Waals surface area contributed by atoms with Crippen LogP contribution in [0.3, 0.4) is 0 Å². The first-order chi connectivity index (χ1) is 14.6. The molecule has 0 aliphatic carbocycles. The lowest BCUT2D eigenvalue weighted by molar-refractivity contribution is 0.174. The predicted molar refractivity (Wildman–Crippen MR) is 113 cm³/mol. The number of hydrogen-bond donors (Lipinski definition) is 1. The number of sulfone groups is 1. The Labute approximate surface area is 173 Å². The van der Waals surface area contributed by atoms with Gasteiger partial charge in [0.2, 0.25) is 6.79 Å². The van der Waals surface area contributed by atoms with Crippen LogP contribution in [0.4, 0.5) is 11.5 Å². The SMILES string of the molecule is O=S(=O)(Cc1nc2ccccc2nc1Nc1ccc2c(c1)OCO2)c1ccccc1. The van der Waals surface area contributed by atoms with Gasteiger partial charge in [-0.25, -0.2) is 18.4 Å². The summed E-state index contributed by atoms with van der Waals surface area (Å²) < 4.78 is 36.7. The topological polar surface area (TPSA) is 90.4 Å². The molecule has 1 aliphatic heterocycles. The highest BCUT2D eigenvalue weighted by molar-refractivity contribution is 7.90. The maximum absolute atomic E-state index is 13.0. The van der Waals surface area contributed by atoms with Crippen molar-refractivity contribution in [3.05, 3.63) is 78.5 Å². The highest BCUT2D eigenvalue weighted by Crippen LogP contribution is 2.35. The lowest BCUT2D eigenvalue weighted by Crippen LogP contribution is -2.10. The number of anilines is 2. The van der Waals surface area contributed by atoms with E-state index in [9.17, 15) is 8.42 Å². The second-order valence-electron chi connectivity index (χ2n) is 6.77. The molecule has 0 atom stereocenters. The van der Waals surface area contributed by atoms with Crippen molar-refractivity contribution in [2.24, 2.45) is 0 Å². The maximum atomic E-state index is 13.0. The number of nitrogens with one attached hydrogen (secondary N) is 1. The summed E-state index contributed by atoms with van der Waals surface area (Å²) in [6.45, 7) is 0.176. The van der Waals surface area contributed by atoms with Crippen LogP contribution in [-0.2, 0) is 15.6 Å². The number of aromatic nitrogens is 2. The summed E-state index contributed by atoms with van der Waals surface area (Å²) in [6.07, 6.45) is 0. The fourth-order valence-electron chi connectivity index (χ4n) is 3.24. The van der Waals surface area contributed by atoms with Gasteiger partial charge in [-0.2, -0.15) is 0 Å². The smallest absolute Gasteiger partial charge is 0.231 e. The molecule has 8 heteroatoms. The molecule has 1 aliphatic rings. The minimum absolute atomic E-state index is 0.176. The Morgan fingerprint density at radius 2 is 1.53 bits per heavy atom. The zero-order valence-corrected chi connectivity index (χ0v) is 16.6. The average molecular weight is 419 g/mol. The van der Waals surface area contributed by atoms with E-state index >= 15 is 0 Å². The molecule has 0 amide bonds. The van der Waals surface area contributed by atoms with Crippen LogP contribution in [0.2, 0.25) is 0 Å². The molecule has 0 fully saturated rings. The van der Waals surface area contributed by atoms with Gasteiger partial charge < -0.3 is 14.8 Å². The Bertz CT molecular complexity index is 1340. The molecule has 150 valence electrons. The normalized spacial score (nSPS) is 12.8. The van der Waals surface area contributed by atoms with E-state index in [-0.39, 0.29) is 17.4 Å². The summed E-state index contributed by atoms with van der Waals surface area (Å²) in [4.78, 5) is 9.47. The van der Waals surface area contributed by atoms with Crippen LogP contribution in [0.15, 0.2) is 77.7 Å². The van der Waals surface area contributed by atoms with Gasteiger partial charge in [-0.05, 0) is 36.4 Å². The van der Waals surface area contributed by atoms with Gasteiger partial charge in [0, 0.05) is 11.8 Å². The highest BCUT2D eigenvalue weighted by atomic mass is 32.2. The van der Waals surface area contributed by atoms with Crippen molar-refractivity contribution in [2.75, 3.05) is 12.1 Å². The van der Waals surface area contributed by atoms with Gasteiger partial charge in [-0.15, -0.1) is 0 Å². The summed E-state index contributed by atoms with van der Waals surface area (Å²) in [7, 11) is -3.59. The number of benzene rings is 3. The van der Waals surface area contributed by atoms with Crippen molar-refractivity contribution in [1.82, 2.24) is 9.97 Å². The van der Waals surface area contributed by atoms with Gasteiger partial charge >= 0.3 is 0 Å². The average Bonchev–Trinajstić information content (AvgIpc) is 3.22. The maximum Gasteiger partial charge on any atom is 0.231 e. The molecule has 0 bridgehead atoms. The Morgan fingerprint density at radius 1 is 0.833 bits per heavy atom. The molecule has 7 nitrogen and oxygen atoms in total. The minimum Gasteiger partial charge on any atom is -0.454 e. The van der Waals surface area contributed by atoms with E-state index < -0.39 is 9.84 Å². The van der Waals surface area contributed by atoms with Crippen LogP contribution >= 0.6 is 0 Å². The molecule has 2 heterocycles. The Hall–Kier alpha value is -3.65. The van der Waals surface area contributed by atoms with Crippen LogP contribution in [0.5, 0.6) is 11.5 Å². The van der Waals surface area contributed by atoms with Crippen LogP contribution in [0.25, 0.3) is 11.0 Å². The van der Waals surface area contributed by atoms with Crippen molar-refractivity contribution in [2.45, 2.75) is 10.6 Å². The quantitative estimate of drug-likeness (QED) is 0.521. The van der Waals surface area contributed by atoms with Crippen molar-refractivity contribution >= 4 is 32.4 Å². The number of para-hydroxylation sites is 2. The van der Waals surface area contributed by atoms with Crippen molar-refractivity contribution in [1.29, 1.82) is 0 Å². The molecule has 0 radical (unpaired) electrons.